The number of rotatable bonds is 8. The molecule has 5 aromatic rings. The fraction of sp³-hybridized carbons (Fsp3) is 0.125. The van der Waals surface area contributed by atoms with E-state index >= 15 is 0 Å². The van der Waals surface area contributed by atoms with Gasteiger partial charge in [0.15, 0.2) is 15.8 Å². The Morgan fingerprint density at radius 1 is 0.905 bits per heavy atom. The van der Waals surface area contributed by atoms with Crippen molar-refractivity contribution in [1.82, 2.24) is 10.2 Å². The quantitative estimate of drug-likeness (QED) is 0.0702. The first kappa shape index (κ1) is 27.5. The number of aliphatic hydroxyl groups excluding tert-OH is 1. The van der Waals surface area contributed by atoms with Gasteiger partial charge in [-0.2, -0.15) is 0 Å². The lowest BCUT2D eigenvalue weighted by molar-refractivity contribution is -0.132. The van der Waals surface area contributed by atoms with Gasteiger partial charge in [0, 0.05) is 11.3 Å². The minimum absolute atomic E-state index is 0.0430. The number of ether oxygens (including phenoxy) is 2. The molecular weight excluding hydrogens is 571 g/mol. The minimum Gasteiger partial charge on any atom is -0.507 e. The Labute approximate surface area is 250 Å². The summed E-state index contributed by atoms with van der Waals surface area (Å²) in [5.74, 6) is -0.402. The first-order valence-electron chi connectivity index (χ1n) is 13.0. The first-order valence-corrected chi connectivity index (χ1v) is 14.8. The summed E-state index contributed by atoms with van der Waals surface area (Å²) in [6, 6.07) is 27.4. The van der Waals surface area contributed by atoms with Gasteiger partial charge in [-0.3, -0.25) is 14.5 Å². The Morgan fingerprint density at radius 2 is 1.64 bits per heavy atom. The van der Waals surface area contributed by atoms with Crippen molar-refractivity contribution in [1.29, 1.82) is 0 Å². The molecule has 1 aliphatic rings. The van der Waals surface area contributed by atoms with E-state index in [1.807, 2.05) is 48.5 Å². The molecule has 4 aromatic carbocycles. The molecule has 1 aliphatic heterocycles. The maximum Gasteiger partial charge on any atom is 0.301 e. The van der Waals surface area contributed by atoms with Gasteiger partial charge in [-0.15, -0.1) is 10.2 Å². The lowest BCUT2D eigenvalue weighted by atomic mass is 9.95. The number of amides is 1. The predicted molar refractivity (Wildman–Crippen MR) is 164 cm³/mol. The van der Waals surface area contributed by atoms with Crippen LogP contribution in [0.5, 0.6) is 11.5 Å². The van der Waals surface area contributed by atoms with E-state index in [0.29, 0.717) is 32.7 Å². The number of hydrogen-bond donors (Lipinski definition) is 1. The highest BCUT2D eigenvalue weighted by atomic mass is 32.2. The third kappa shape index (κ3) is 4.99. The highest BCUT2D eigenvalue weighted by Crippen LogP contribution is 2.44. The number of fused-ring (bicyclic) bond motifs is 1. The van der Waals surface area contributed by atoms with Crippen LogP contribution < -0.4 is 14.4 Å². The molecule has 0 bridgehead atoms. The second-order valence-corrected chi connectivity index (χ2v) is 11.6. The molecule has 0 saturated carbocycles. The smallest absolute Gasteiger partial charge is 0.301 e. The minimum atomic E-state index is -0.900. The van der Waals surface area contributed by atoms with Crippen LogP contribution in [0.3, 0.4) is 0 Å². The van der Waals surface area contributed by atoms with Crippen molar-refractivity contribution in [2.45, 2.75) is 16.1 Å². The average Bonchev–Trinajstić information content (AvgIpc) is 3.61. The second kappa shape index (κ2) is 11.7. The number of hydrogen-bond acceptors (Lipinski definition) is 9. The van der Waals surface area contributed by atoms with Crippen LogP contribution in [-0.4, -0.2) is 41.2 Å². The Kier molecular flexibility index (Phi) is 7.64. The largest absolute Gasteiger partial charge is 0.507 e. The molecule has 1 amide bonds. The SMILES string of the molecule is COc1ccc(/C(O)=C2/C(=O)C(=O)N(c3nnc(SCc4cccc5ccccc45)s3)C2c2ccccc2)cc1OC. The molecule has 1 unspecified atom stereocenters. The normalized spacial score (nSPS) is 16.2. The van der Waals surface area contributed by atoms with Crippen LogP contribution in [0, 0.1) is 0 Å². The van der Waals surface area contributed by atoms with Crippen LogP contribution in [-0.2, 0) is 15.3 Å². The van der Waals surface area contributed by atoms with Crippen LogP contribution in [0.1, 0.15) is 22.7 Å². The molecule has 42 heavy (non-hydrogen) atoms. The number of ketones is 1. The maximum atomic E-state index is 13.5. The predicted octanol–water partition coefficient (Wildman–Crippen LogP) is 6.63. The van der Waals surface area contributed by atoms with E-state index in [0.717, 1.165) is 10.9 Å². The van der Waals surface area contributed by atoms with E-state index in [4.69, 9.17) is 9.47 Å². The summed E-state index contributed by atoms with van der Waals surface area (Å²) >= 11 is 2.75. The topological polar surface area (TPSA) is 102 Å². The summed E-state index contributed by atoms with van der Waals surface area (Å²) in [5.41, 5.74) is 2.09. The Morgan fingerprint density at radius 3 is 2.43 bits per heavy atom. The molecule has 1 N–H and O–H groups in total. The monoisotopic (exact) mass is 595 g/mol. The van der Waals surface area contributed by atoms with Crippen molar-refractivity contribution in [2.24, 2.45) is 0 Å². The molecule has 1 fully saturated rings. The highest BCUT2D eigenvalue weighted by Gasteiger charge is 2.48. The van der Waals surface area contributed by atoms with E-state index in [1.54, 1.807) is 18.2 Å². The van der Waals surface area contributed by atoms with Gasteiger partial charge in [-0.25, -0.2) is 0 Å². The number of Topliss-reactive ketones (excluding diaryl/α,β-unsaturated/α-hetero) is 1. The maximum absolute atomic E-state index is 13.5. The summed E-state index contributed by atoms with van der Waals surface area (Å²) in [7, 11) is 2.99. The number of thioether (sulfide) groups is 1. The number of carbonyl (C=O) groups excluding carboxylic acids is 2. The summed E-state index contributed by atoms with van der Waals surface area (Å²) in [6.07, 6.45) is 0. The summed E-state index contributed by atoms with van der Waals surface area (Å²) in [6.45, 7) is 0. The lowest BCUT2D eigenvalue weighted by Crippen LogP contribution is -2.29. The molecule has 0 spiro atoms. The molecule has 1 saturated heterocycles. The van der Waals surface area contributed by atoms with Crippen molar-refractivity contribution in [3.63, 3.8) is 0 Å². The molecule has 10 heteroatoms. The van der Waals surface area contributed by atoms with E-state index in [2.05, 4.69) is 34.5 Å². The van der Waals surface area contributed by atoms with Gasteiger partial charge >= 0.3 is 5.91 Å². The first-order chi connectivity index (χ1) is 20.5. The van der Waals surface area contributed by atoms with Crippen molar-refractivity contribution in [3.8, 4) is 11.5 Å². The Bertz CT molecular complexity index is 1830. The van der Waals surface area contributed by atoms with Gasteiger partial charge in [-0.1, -0.05) is 95.9 Å². The van der Waals surface area contributed by atoms with Crippen LogP contribution >= 0.6 is 23.1 Å². The van der Waals surface area contributed by atoms with Gasteiger partial charge in [-0.05, 0) is 40.1 Å². The summed E-state index contributed by atoms with van der Waals surface area (Å²) in [4.78, 5) is 28.3. The summed E-state index contributed by atoms with van der Waals surface area (Å²) < 4.78 is 11.3. The molecule has 8 nitrogen and oxygen atoms in total. The van der Waals surface area contributed by atoms with E-state index in [-0.39, 0.29) is 16.5 Å². The standard InChI is InChI=1S/C32H25N3O5S2/c1-39-24-16-15-21(17-25(24)40-2)28(36)26-27(20-10-4-3-5-11-20)35(30(38)29(26)37)31-33-34-32(42-31)41-18-22-13-8-12-19-9-6-7-14-23(19)22/h3-17,27,36H,18H2,1-2H3/b28-26-. The zero-order valence-corrected chi connectivity index (χ0v) is 24.3. The number of aromatic nitrogens is 2. The van der Waals surface area contributed by atoms with Crippen LogP contribution in [0.15, 0.2) is 101 Å². The van der Waals surface area contributed by atoms with Gasteiger partial charge in [0.05, 0.1) is 25.8 Å². The van der Waals surface area contributed by atoms with Crippen molar-refractivity contribution in [2.75, 3.05) is 19.1 Å². The van der Waals surface area contributed by atoms with Gasteiger partial charge in [0.25, 0.3) is 5.78 Å². The third-order valence-corrected chi connectivity index (χ3v) is 9.15. The third-order valence-electron chi connectivity index (χ3n) is 7.05. The average molecular weight is 596 g/mol. The molecule has 1 aromatic heterocycles. The van der Waals surface area contributed by atoms with Gasteiger partial charge < -0.3 is 14.6 Å². The lowest BCUT2D eigenvalue weighted by Gasteiger charge is -2.22. The Balaban J connectivity index is 1.36. The molecule has 210 valence electrons. The van der Waals surface area contributed by atoms with Crippen molar-refractivity contribution >= 4 is 56.5 Å². The van der Waals surface area contributed by atoms with Crippen LogP contribution in [0.2, 0.25) is 0 Å². The van der Waals surface area contributed by atoms with Crippen LogP contribution in [0.4, 0.5) is 5.13 Å². The van der Waals surface area contributed by atoms with Gasteiger partial charge in [0.2, 0.25) is 5.13 Å². The molecule has 2 heterocycles. The molecule has 0 aliphatic carbocycles. The number of methoxy groups -OCH3 is 2. The number of nitrogens with zero attached hydrogens (tertiary/aromatic N) is 3. The van der Waals surface area contributed by atoms with Gasteiger partial charge in [0.1, 0.15) is 5.76 Å². The number of carbonyl (C=O) groups is 2. The van der Waals surface area contributed by atoms with Crippen molar-refractivity contribution < 1.29 is 24.2 Å². The molecule has 6 rings (SSSR count). The zero-order chi connectivity index (χ0) is 29.2. The molecule has 0 radical (unpaired) electrons. The zero-order valence-electron chi connectivity index (χ0n) is 22.7. The van der Waals surface area contributed by atoms with Crippen LogP contribution in [0.25, 0.3) is 16.5 Å². The summed E-state index contributed by atoms with van der Waals surface area (Å²) in [5, 5.41) is 22.7. The van der Waals surface area contributed by atoms with E-state index in [9.17, 15) is 14.7 Å². The second-order valence-electron chi connectivity index (χ2n) is 9.43. The number of anilines is 1. The Hall–Kier alpha value is -4.67. The molecule has 1 atom stereocenters. The fourth-order valence-corrected chi connectivity index (χ4v) is 6.91. The number of benzene rings is 4. The van der Waals surface area contributed by atoms with E-state index < -0.39 is 17.7 Å². The van der Waals surface area contributed by atoms with E-state index in [1.165, 1.54) is 47.6 Å². The fourth-order valence-electron chi connectivity index (χ4n) is 5.04. The molecular formula is C32H25N3O5S2. The van der Waals surface area contributed by atoms with Crippen molar-refractivity contribution in [3.05, 3.63) is 113 Å². The highest BCUT2D eigenvalue weighted by molar-refractivity contribution is 8.00. The number of aliphatic hydroxyl groups is 1.